The molecule has 1 heterocycles. The van der Waals surface area contributed by atoms with E-state index >= 15 is 0 Å². The van der Waals surface area contributed by atoms with Crippen molar-refractivity contribution in [2.45, 2.75) is 6.54 Å². The van der Waals surface area contributed by atoms with E-state index in [0.717, 1.165) is 5.56 Å². The largest absolute Gasteiger partial charge is 0.484 e. The third-order valence-electron chi connectivity index (χ3n) is 3.12. The molecule has 7 heteroatoms. The number of nitrogens with zero attached hydrogens (tertiary/aromatic N) is 2. The maximum Gasteiger partial charge on any atom is 0.258 e. The number of carbonyl (C=O) groups excluding carboxylic acids is 1. The van der Waals surface area contributed by atoms with Crippen LogP contribution < -0.4 is 10.1 Å². The Hall–Kier alpha value is -2.86. The van der Waals surface area contributed by atoms with E-state index < -0.39 is 0 Å². The van der Waals surface area contributed by atoms with E-state index in [1.807, 2.05) is 30.3 Å². The minimum absolute atomic E-state index is 0.110. The molecule has 24 heavy (non-hydrogen) atoms. The predicted octanol–water partition coefficient (Wildman–Crippen LogP) is 3.09. The van der Waals surface area contributed by atoms with E-state index in [-0.39, 0.29) is 19.1 Å². The quantitative estimate of drug-likeness (QED) is 0.744. The Labute approximate surface area is 143 Å². The number of carbonyl (C=O) groups is 1. The van der Waals surface area contributed by atoms with Crippen LogP contribution in [-0.2, 0) is 11.3 Å². The summed E-state index contributed by atoms with van der Waals surface area (Å²) in [6.07, 6.45) is 0. The summed E-state index contributed by atoms with van der Waals surface area (Å²) in [5.74, 6) is 1.09. The zero-order valence-corrected chi connectivity index (χ0v) is 13.4. The van der Waals surface area contributed by atoms with Crippen LogP contribution in [0.2, 0.25) is 5.02 Å². The summed E-state index contributed by atoms with van der Waals surface area (Å²) in [6, 6.07) is 16.2. The number of amides is 1. The third-order valence-corrected chi connectivity index (χ3v) is 3.37. The fraction of sp³-hybridized carbons (Fsp3) is 0.118. The Kier molecular flexibility index (Phi) is 5.08. The second-order valence-corrected chi connectivity index (χ2v) is 5.33. The van der Waals surface area contributed by atoms with Crippen LogP contribution in [0.25, 0.3) is 11.4 Å². The summed E-state index contributed by atoms with van der Waals surface area (Å²) in [4.78, 5) is 16.0. The summed E-state index contributed by atoms with van der Waals surface area (Å²) in [5.41, 5.74) is 0.852. The summed E-state index contributed by atoms with van der Waals surface area (Å²) < 4.78 is 10.5. The lowest BCUT2D eigenvalue weighted by Gasteiger charge is -2.05. The zero-order chi connectivity index (χ0) is 16.8. The molecule has 0 unspecified atom stereocenters. The number of rotatable bonds is 6. The number of ether oxygens (including phenoxy) is 1. The van der Waals surface area contributed by atoms with E-state index in [9.17, 15) is 4.79 Å². The van der Waals surface area contributed by atoms with Crippen molar-refractivity contribution >= 4 is 17.5 Å². The van der Waals surface area contributed by atoms with Crippen LogP contribution in [0.15, 0.2) is 59.1 Å². The first-order valence-electron chi connectivity index (χ1n) is 7.24. The average molecular weight is 344 g/mol. The highest BCUT2D eigenvalue weighted by Crippen LogP contribution is 2.16. The van der Waals surface area contributed by atoms with Crippen molar-refractivity contribution in [2.24, 2.45) is 0 Å². The van der Waals surface area contributed by atoms with Crippen molar-refractivity contribution in [2.75, 3.05) is 6.61 Å². The van der Waals surface area contributed by atoms with Gasteiger partial charge in [0.25, 0.3) is 5.91 Å². The van der Waals surface area contributed by atoms with Gasteiger partial charge in [-0.05, 0) is 24.3 Å². The van der Waals surface area contributed by atoms with Gasteiger partial charge in [0.05, 0.1) is 6.54 Å². The molecule has 1 aromatic heterocycles. The predicted molar refractivity (Wildman–Crippen MR) is 88.5 cm³/mol. The Morgan fingerprint density at radius 1 is 1.12 bits per heavy atom. The van der Waals surface area contributed by atoms with Gasteiger partial charge in [0.15, 0.2) is 6.61 Å². The lowest BCUT2D eigenvalue weighted by atomic mass is 10.2. The number of nitrogens with one attached hydrogen (secondary N) is 1. The molecule has 0 fully saturated rings. The van der Waals surface area contributed by atoms with Crippen LogP contribution in [0.1, 0.15) is 5.89 Å². The van der Waals surface area contributed by atoms with Crippen LogP contribution in [-0.4, -0.2) is 22.7 Å². The van der Waals surface area contributed by atoms with Gasteiger partial charge >= 0.3 is 0 Å². The molecule has 1 N–H and O–H groups in total. The van der Waals surface area contributed by atoms with Crippen molar-refractivity contribution in [1.29, 1.82) is 0 Å². The average Bonchev–Trinajstić information content (AvgIpc) is 3.09. The maximum absolute atomic E-state index is 11.8. The molecule has 1 amide bonds. The molecule has 0 aliphatic rings. The van der Waals surface area contributed by atoms with E-state index in [1.54, 1.807) is 24.3 Å². The molecular weight excluding hydrogens is 330 g/mol. The van der Waals surface area contributed by atoms with Crippen LogP contribution >= 0.6 is 11.6 Å². The smallest absolute Gasteiger partial charge is 0.258 e. The molecule has 0 saturated carbocycles. The van der Waals surface area contributed by atoms with Gasteiger partial charge in [-0.25, -0.2) is 0 Å². The first-order chi connectivity index (χ1) is 11.7. The fourth-order valence-electron chi connectivity index (χ4n) is 1.94. The summed E-state index contributed by atoms with van der Waals surface area (Å²) in [6.45, 7) is 0.0317. The normalized spacial score (nSPS) is 10.4. The van der Waals surface area contributed by atoms with Gasteiger partial charge in [0.2, 0.25) is 11.7 Å². The number of hydrogen-bond donors (Lipinski definition) is 1. The van der Waals surface area contributed by atoms with Gasteiger partial charge in [-0.3, -0.25) is 4.79 Å². The molecule has 6 nitrogen and oxygen atoms in total. The van der Waals surface area contributed by atoms with E-state index in [0.29, 0.717) is 22.5 Å². The molecular formula is C17H14ClN3O3. The molecule has 0 spiro atoms. The Morgan fingerprint density at radius 2 is 1.88 bits per heavy atom. The van der Waals surface area contributed by atoms with E-state index in [2.05, 4.69) is 15.5 Å². The fourth-order valence-corrected chi connectivity index (χ4v) is 2.06. The molecule has 0 bridgehead atoms. The standard InChI is InChI=1S/C17H14ClN3O3/c18-13-6-8-14(9-7-13)23-11-15(22)19-10-16-20-17(21-24-16)12-4-2-1-3-5-12/h1-9H,10-11H2,(H,19,22). The molecule has 0 aliphatic carbocycles. The van der Waals surface area contributed by atoms with Gasteiger partial charge < -0.3 is 14.6 Å². The second kappa shape index (κ2) is 7.61. The molecule has 3 aromatic rings. The van der Waals surface area contributed by atoms with Crippen molar-refractivity contribution in [3.63, 3.8) is 0 Å². The molecule has 3 rings (SSSR count). The molecule has 122 valence electrons. The van der Waals surface area contributed by atoms with E-state index in [1.165, 1.54) is 0 Å². The highest BCUT2D eigenvalue weighted by Gasteiger charge is 2.10. The number of hydrogen-bond acceptors (Lipinski definition) is 5. The maximum atomic E-state index is 11.8. The zero-order valence-electron chi connectivity index (χ0n) is 12.6. The van der Waals surface area contributed by atoms with Crippen molar-refractivity contribution in [3.8, 4) is 17.1 Å². The lowest BCUT2D eigenvalue weighted by molar-refractivity contribution is -0.123. The molecule has 2 aromatic carbocycles. The molecule has 0 saturated heterocycles. The minimum atomic E-state index is -0.288. The van der Waals surface area contributed by atoms with Gasteiger partial charge in [-0.15, -0.1) is 0 Å². The van der Waals surface area contributed by atoms with Crippen LogP contribution in [0.5, 0.6) is 5.75 Å². The van der Waals surface area contributed by atoms with Gasteiger partial charge in [0.1, 0.15) is 5.75 Å². The van der Waals surface area contributed by atoms with Crippen LogP contribution in [0.3, 0.4) is 0 Å². The summed E-state index contributed by atoms with van der Waals surface area (Å²) in [7, 11) is 0. The monoisotopic (exact) mass is 343 g/mol. The molecule has 0 atom stereocenters. The number of benzene rings is 2. The van der Waals surface area contributed by atoms with Gasteiger partial charge in [-0.1, -0.05) is 47.1 Å². The second-order valence-electron chi connectivity index (χ2n) is 4.90. The van der Waals surface area contributed by atoms with Crippen molar-refractivity contribution in [3.05, 3.63) is 65.5 Å². The lowest BCUT2D eigenvalue weighted by Crippen LogP contribution is -2.28. The van der Waals surface area contributed by atoms with Crippen LogP contribution in [0, 0.1) is 0 Å². The summed E-state index contributed by atoms with van der Waals surface area (Å²) >= 11 is 5.78. The third kappa shape index (κ3) is 4.33. The highest BCUT2D eigenvalue weighted by atomic mass is 35.5. The SMILES string of the molecule is O=C(COc1ccc(Cl)cc1)NCc1nc(-c2ccccc2)no1. The highest BCUT2D eigenvalue weighted by molar-refractivity contribution is 6.30. The van der Waals surface area contributed by atoms with Crippen LogP contribution in [0.4, 0.5) is 0 Å². The minimum Gasteiger partial charge on any atom is -0.484 e. The van der Waals surface area contributed by atoms with Gasteiger partial charge in [0, 0.05) is 10.6 Å². The first kappa shape index (κ1) is 16.0. The van der Waals surface area contributed by atoms with E-state index in [4.69, 9.17) is 20.9 Å². The van der Waals surface area contributed by atoms with Crippen molar-refractivity contribution in [1.82, 2.24) is 15.5 Å². The molecule has 0 aliphatic heterocycles. The summed E-state index contributed by atoms with van der Waals surface area (Å²) in [5, 5.41) is 7.15. The molecule has 0 radical (unpaired) electrons. The number of aromatic nitrogens is 2. The van der Waals surface area contributed by atoms with Crippen molar-refractivity contribution < 1.29 is 14.1 Å². The Balaban J connectivity index is 1.48. The first-order valence-corrected chi connectivity index (χ1v) is 7.61. The Bertz CT molecular complexity index is 803. The van der Waals surface area contributed by atoms with Gasteiger partial charge in [-0.2, -0.15) is 4.98 Å². The topological polar surface area (TPSA) is 77.2 Å². The Morgan fingerprint density at radius 3 is 2.62 bits per heavy atom. The number of halogens is 1.